The van der Waals surface area contributed by atoms with Gasteiger partial charge in [0.25, 0.3) is 5.91 Å². The molecular weight excluding hydrogens is 278 g/mol. The molecule has 5 nitrogen and oxygen atoms in total. The summed E-state index contributed by atoms with van der Waals surface area (Å²) in [6.45, 7) is 3.84. The van der Waals surface area contributed by atoms with Crippen molar-refractivity contribution in [2.45, 2.75) is 38.8 Å². The molecule has 5 heteroatoms. The van der Waals surface area contributed by atoms with E-state index in [-0.39, 0.29) is 11.8 Å². The second-order valence-corrected chi connectivity index (χ2v) is 6.03. The second kappa shape index (κ2) is 6.92. The van der Waals surface area contributed by atoms with Gasteiger partial charge in [-0.15, -0.1) is 0 Å². The standard InChI is InChI=1S/C17H23N3O2/c21-16(20-8-2-1-3-9-20)6-7-19-17(22)13-4-5-14-11-18-12-15(14)10-13/h4-5,10,18H,1-3,6-9,11-12H2,(H,19,22). The fourth-order valence-electron chi connectivity index (χ4n) is 3.12. The summed E-state index contributed by atoms with van der Waals surface area (Å²) in [6.07, 6.45) is 3.80. The molecule has 2 heterocycles. The fourth-order valence-corrected chi connectivity index (χ4v) is 3.12. The van der Waals surface area contributed by atoms with Gasteiger partial charge in [-0.25, -0.2) is 0 Å². The summed E-state index contributed by atoms with van der Waals surface area (Å²) in [6, 6.07) is 5.80. The van der Waals surface area contributed by atoms with E-state index in [0.717, 1.165) is 39.0 Å². The molecule has 118 valence electrons. The third kappa shape index (κ3) is 3.47. The Labute approximate surface area is 131 Å². The molecule has 0 spiro atoms. The predicted molar refractivity (Wildman–Crippen MR) is 84.4 cm³/mol. The van der Waals surface area contributed by atoms with Crippen molar-refractivity contribution in [1.29, 1.82) is 0 Å². The number of fused-ring (bicyclic) bond motifs is 1. The summed E-state index contributed by atoms with van der Waals surface area (Å²) in [5.74, 6) is 0.0549. The molecule has 1 aromatic rings. The zero-order chi connectivity index (χ0) is 15.4. The van der Waals surface area contributed by atoms with Gasteiger partial charge in [0.15, 0.2) is 0 Å². The van der Waals surface area contributed by atoms with E-state index in [1.165, 1.54) is 17.5 Å². The molecule has 1 aromatic carbocycles. The van der Waals surface area contributed by atoms with Gasteiger partial charge in [0.05, 0.1) is 0 Å². The molecule has 1 saturated heterocycles. The van der Waals surface area contributed by atoms with Crippen LogP contribution in [-0.4, -0.2) is 36.3 Å². The lowest BCUT2D eigenvalue weighted by atomic mass is 10.1. The third-order valence-electron chi connectivity index (χ3n) is 4.43. The highest BCUT2D eigenvalue weighted by atomic mass is 16.2. The van der Waals surface area contributed by atoms with Crippen LogP contribution < -0.4 is 10.6 Å². The van der Waals surface area contributed by atoms with Crippen LogP contribution in [-0.2, 0) is 17.9 Å². The lowest BCUT2D eigenvalue weighted by molar-refractivity contribution is -0.131. The van der Waals surface area contributed by atoms with Gasteiger partial charge in [0, 0.05) is 44.7 Å². The number of hydrogen-bond acceptors (Lipinski definition) is 3. The van der Waals surface area contributed by atoms with Crippen LogP contribution in [0, 0.1) is 0 Å². The molecule has 0 aromatic heterocycles. The van der Waals surface area contributed by atoms with Crippen LogP contribution in [0.3, 0.4) is 0 Å². The maximum Gasteiger partial charge on any atom is 0.251 e. The first-order valence-electron chi connectivity index (χ1n) is 8.12. The van der Waals surface area contributed by atoms with E-state index in [2.05, 4.69) is 10.6 Å². The Morgan fingerprint density at radius 1 is 1.09 bits per heavy atom. The molecule has 0 bridgehead atoms. The molecule has 0 radical (unpaired) electrons. The van der Waals surface area contributed by atoms with Gasteiger partial charge in [0.2, 0.25) is 5.91 Å². The number of benzene rings is 1. The van der Waals surface area contributed by atoms with Crippen molar-refractivity contribution in [3.05, 3.63) is 34.9 Å². The largest absolute Gasteiger partial charge is 0.352 e. The number of nitrogens with one attached hydrogen (secondary N) is 2. The molecule has 2 aliphatic rings. The highest BCUT2D eigenvalue weighted by Crippen LogP contribution is 2.17. The number of rotatable bonds is 4. The molecule has 0 saturated carbocycles. The van der Waals surface area contributed by atoms with E-state index >= 15 is 0 Å². The van der Waals surface area contributed by atoms with Crippen LogP contribution >= 0.6 is 0 Å². The maximum absolute atomic E-state index is 12.1. The molecule has 1 fully saturated rings. The number of carbonyl (C=O) groups is 2. The summed E-state index contributed by atoms with van der Waals surface area (Å²) in [5, 5.41) is 6.12. The third-order valence-corrected chi connectivity index (χ3v) is 4.43. The van der Waals surface area contributed by atoms with Crippen LogP contribution in [0.2, 0.25) is 0 Å². The van der Waals surface area contributed by atoms with Crippen LogP contribution in [0.25, 0.3) is 0 Å². The number of amides is 2. The molecule has 0 unspecified atom stereocenters. The Kier molecular flexibility index (Phi) is 4.73. The van der Waals surface area contributed by atoms with E-state index in [4.69, 9.17) is 0 Å². The smallest absolute Gasteiger partial charge is 0.251 e. The molecule has 2 N–H and O–H groups in total. The predicted octanol–water partition coefficient (Wildman–Crippen LogP) is 1.42. The van der Waals surface area contributed by atoms with Crippen molar-refractivity contribution in [1.82, 2.24) is 15.5 Å². The van der Waals surface area contributed by atoms with Gasteiger partial charge in [-0.2, -0.15) is 0 Å². The lowest BCUT2D eigenvalue weighted by Gasteiger charge is -2.26. The normalized spacial score (nSPS) is 17.2. The number of hydrogen-bond donors (Lipinski definition) is 2. The first kappa shape index (κ1) is 15.0. The second-order valence-electron chi connectivity index (χ2n) is 6.03. The van der Waals surface area contributed by atoms with Crippen molar-refractivity contribution in [3.63, 3.8) is 0 Å². The average Bonchev–Trinajstić information content (AvgIpc) is 3.03. The minimum Gasteiger partial charge on any atom is -0.352 e. The Morgan fingerprint density at radius 2 is 1.86 bits per heavy atom. The van der Waals surface area contributed by atoms with Crippen molar-refractivity contribution < 1.29 is 9.59 Å². The van der Waals surface area contributed by atoms with Gasteiger partial charge < -0.3 is 15.5 Å². The summed E-state index contributed by atoms with van der Waals surface area (Å²) < 4.78 is 0. The zero-order valence-corrected chi connectivity index (χ0v) is 12.9. The van der Waals surface area contributed by atoms with E-state index in [9.17, 15) is 9.59 Å². The molecule has 2 amide bonds. The summed E-state index contributed by atoms with van der Waals surface area (Å²) in [7, 11) is 0. The van der Waals surface area contributed by atoms with Gasteiger partial charge in [-0.3, -0.25) is 9.59 Å². The highest BCUT2D eigenvalue weighted by molar-refractivity contribution is 5.94. The van der Waals surface area contributed by atoms with Crippen LogP contribution in [0.1, 0.15) is 47.2 Å². The molecule has 3 rings (SSSR count). The van der Waals surface area contributed by atoms with Crippen molar-refractivity contribution in [2.24, 2.45) is 0 Å². The Hall–Kier alpha value is -1.88. The minimum absolute atomic E-state index is 0.0962. The number of nitrogens with zero attached hydrogens (tertiary/aromatic N) is 1. The highest BCUT2D eigenvalue weighted by Gasteiger charge is 2.17. The quantitative estimate of drug-likeness (QED) is 0.884. The van der Waals surface area contributed by atoms with Crippen LogP contribution in [0.5, 0.6) is 0 Å². The van der Waals surface area contributed by atoms with Gasteiger partial charge in [-0.1, -0.05) is 6.07 Å². The van der Waals surface area contributed by atoms with Gasteiger partial charge in [-0.05, 0) is 42.5 Å². The topological polar surface area (TPSA) is 61.4 Å². The number of likely N-dealkylation sites (tertiary alicyclic amines) is 1. The molecule has 0 atom stereocenters. The van der Waals surface area contributed by atoms with E-state index in [0.29, 0.717) is 18.5 Å². The van der Waals surface area contributed by atoms with Crippen molar-refractivity contribution in [2.75, 3.05) is 19.6 Å². The monoisotopic (exact) mass is 301 g/mol. The van der Waals surface area contributed by atoms with Gasteiger partial charge in [0.1, 0.15) is 0 Å². The summed E-state index contributed by atoms with van der Waals surface area (Å²) in [5.41, 5.74) is 3.13. The maximum atomic E-state index is 12.1. The number of carbonyl (C=O) groups excluding carboxylic acids is 2. The first-order valence-corrected chi connectivity index (χ1v) is 8.12. The van der Waals surface area contributed by atoms with E-state index < -0.39 is 0 Å². The van der Waals surface area contributed by atoms with E-state index in [1.807, 2.05) is 23.1 Å². The molecule has 2 aliphatic heterocycles. The fraction of sp³-hybridized carbons (Fsp3) is 0.529. The molecule has 0 aliphatic carbocycles. The Bertz CT molecular complexity index is 565. The van der Waals surface area contributed by atoms with Gasteiger partial charge >= 0.3 is 0 Å². The first-order chi connectivity index (χ1) is 10.7. The summed E-state index contributed by atoms with van der Waals surface area (Å²) >= 11 is 0. The van der Waals surface area contributed by atoms with Crippen molar-refractivity contribution >= 4 is 11.8 Å². The van der Waals surface area contributed by atoms with Crippen molar-refractivity contribution in [3.8, 4) is 0 Å². The average molecular weight is 301 g/mol. The SMILES string of the molecule is O=C(NCCC(=O)N1CCCCC1)c1ccc2c(c1)CNC2. The number of piperidine rings is 1. The Morgan fingerprint density at radius 3 is 2.68 bits per heavy atom. The minimum atomic E-state index is -0.0962. The lowest BCUT2D eigenvalue weighted by Crippen LogP contribution is -2.37. The molecular formula is C17H23N3O2. The van der Waals surface area contributed by atoms with Crippen LogP contribution in [0.4, 0.5) is 0 Å². The summed E-state index contributed by atoms with van der Waals surface area (Å²) in [4.78, 5) is 26.1. The molecule has 22 heavy (non-hydrogen) atoms. The zero-order valence-electron chi connectivity index (χ0n) is 12.9. The Balaban J connectivity index is 1.47. The van der Waals surface area contributed by atoms with Crippen LogP contribution in [0.15, 0.2) is 18.2 Å². The van der Waals surface area contributed by atoms with E-state index in [1.54, 1.807) is 0 Å².